The normalized spacial score (nSPS) is 10.6. The zero-order valence-electron chi connectivity index (χ0n) is 15.0. The molecule has 2 rings (SSSR count). The molecule has 1 heterocycles. The third kappa shape index (κ3) is 5.86. The summed E-state index contributed by atoms with van der Waals surface area (Å²) in [7, 11) is 1.72. The van der Waals surface area contributed by atoms with Crippen LogP contribution in [0.5, 0.6) is 0 Å². The molecular formula is C18H24N4O2S. The van der Waals surface area contributed by atoms with Crippen LogP contribution in [0.15, 0.2) is 29.6 Å². The molecule has 0 spiro atoms. The second kappa shape index (κ2) is 8.62. The van der Waals surface area contributed by atoms with Crippen LogP contribution in [-0.2, 0) is 6.54 Å². The van der Waals surface area contributed by atoms with E-state index in [1.165, 1.54) is 0 Å². The summed E-state index contributed by atoms with van der Waals surface area (Å²) in [4.78, 5) is 30.1. The number of anilines is 1. The molecule has 25 heavy (non-hydrogen) atoms. The average molecular weight is 360 g/mol. The van der Waals surface area contributed by atoms with Gasteiger partial charge in [0.15, 0.2) is 0 Å². The number of aromatic nitrogens is 1. The van der Waals surface area contributed by atoms with Crippen molar-refractivity contribution in [2.75, 3.05) is 18.9 Å². The Morgan fingerprint density at radius 2 is 1.92 bits per heavy atom. The first kappa shape index (κ1) is 18.9. The third-order valence-electron chi connectivity index (χ3n) is 3.48. The highest BCUT2D eigenvalue weighted by Crippen LogP contribution is 2.13. The van der Waals surface area contributed by atoms with Crippen LogP contribution >= 0.6 is 11.3 Å². The molecule has 0 radical (unpaired) electrons. The zero-order chi connectivity index (χ0) is 18.4. The molecular weight excluding hydrogens is 336 g/mol. The summed E-state index contributed by atoms with van der Waals surface area (Å²) in [5.41, 5.74) is 2.09. The molecule has 7 heteroatoms. The first-order valence-corrected chi connectivity index (χ1v) is 9.04. The molecule has 0 saturated carbocycles. The predicted molar refractivity (Wildman–Crippen MR) is 101 cm³/mol. The van der Waals surface area contributed by atoms with Crippen molar-refractivity contribution >= 4 is 29.0 Å². The summed E-state index contributed by atoms with van der Waals surface area (Å²) in [6.07, 6.45) is 0. The van der Waals surface area contributed by atoms with Gasteiger partial charge < -0.3 is 15.5 Å². The lowest BCUT2D eigenvalue weighted by atomic mass is 10.1. The van der Waals surface area contributed by atoms with Crippen LogP contribution < -0.4 is 10.6 Å². The lowest BCUT2D eigenvalue weighted by Gasteiger charge is -2.17. The fourth-order valence-corrected chi connectivity index (χ4v) is 2.72. The maximum atomic E-state index is 12.2. The molecule has 0 fully saturated rings. The number of carbonyl (C=O) groups excluding carboxylic acids is 2. The monoisotopic (exact) mass is 360 g/mol. The molecule has 0 aliphatic carbocycles. The van der Waals surface area contributed by atoms with Crippen molar-refractivity contribution in [3.8, 4) is 0 Å². The number of nitrogens with one attached hydrogen (secondary N) is 2. The molecule has 0 atom stereocenters. The molecule has 0 unspecified atom stereocenters. The van der Waals surface area contributed by atoms with Crippen LogP contribution in [0.2, 0.25) is 0 Å². The fourth-order valence-electron chi connectivity index (χ4n) is 2.12. The average Bonchev–Trinajstić information content (AvgIpc) is 2.98. The van der Waals surface area contributed by atoms with Gasteiger partial charge in [-0.2, -0.15) is 0 Å². The largest absolute Gasteiger partial charge is 0.352 e. The van der Waals surface area contributed by atoms with E-state index in [0.717, 1.165) is 10.7 Å². The maximum Gasteiger partial charge on any atom is 0.321 e. The van der Waals surface area contributed by atoms with Gasteiger partial charge in [-0.15, -0.1) is 11.3 Å². The lowest BCUT2D eigenvalue weighted by Crippen LogP contribution is -2.31. The summed E-state index contributed by atoms with van der Waals surface area (Å²) in [6.45, 7) is 7.11. The molecule has 0 aliphatic heterocycles. The number of rotatable bonds is 6. The van der Waals surface area contributed by atoms with Gasteiger partial charge in [-0.05, 0) is 37.1 Å². The Hall–Kier alpha value is -2.41. The van der Waals surface area contributed by atoms with Crippen LogP contribution in [0.4, 0.5) is 10.5 Å². The molecule has 2 N–H and O–H groups in total. The van der Waals surface area contributed by atoms with E-state index >= 15 is 0 Å². The van der Waals surface area contributed by atoms with Crippen LogP contribution in [0, 0.1) is 12.8 Å². The van der Waals surface area contributed by atoms with Gasteiger partial charge in [-0.1, -0.05) is 13.8 Å². The standard InChI is InChI=1S/C18H24N4O2S/c1-12(2)9-19-17(23)14-5-7-15(8-6-14)21-18(24)22(4)10-16-11-25-13(3)20-16/h5-8,11-12H,9-10H2,1-4H3,(H,19,23)(H,21,24). The van der Waals surface area contributed by atoms with E-state index < -0.39 is 0 Å². The van der Waals surface area contributed by atoms with Gasteiger partial charge in [0.25, 0.3) is 5.91 Å². The Morgan fingerprint density at radius 1 is 1.24 bits per heavy atom. The van der Waals surface area contributed by atoms with Crippen molar-refractivity contribution in [3.63, 3.8) is 0 Å². The molecule has 134 valence electrons. The number of amides is 3. The molecule has 2 aromatic rings. The Balaban J connectivity index is 1.89. The minimum absolute atomic E-state index is 0.109. The summed E-state index contributed by atoms with van der Waals surface area (Å²) in [5, 5.41) is 8.61. The van der Waals surface area contributed by atoms with Crippen LogP contribution in [-0.4, -0.2) is 35.4 Å². The molecule has 1 aromatic heterocycles. The smallest absolute Gasteiger partial charge is 0.321 e. The van der Waals surface area contributed by atoms with Gasteiger partial charge in [-0.3, -0.25) is 4.79 Å². The lowest BCUT2D eigenvalue weighted by molar-refractivity contribution is 0.0949. The number of benzene rings is 1. The minimum Gasteiger partial charge on any atom is -0.352 e. The maximum absolute atomic E-state index is 12.2. The summed E-state index contributed by atoms with van der Waals surface area (Å²) >= 11 is 1.56. The van der Waals surface area contributed by atoms with E-state index in [1.807, 2.05) is 26.2 Å². The minimum atomic E-state index is -0.220. The van der Waals surface area contributed by atoms with Crippen molar-refractivity contribution in [3.05, 3.63) is 45.9 Å². The zero-order valence-corrected chi connectivity index (χ0v) is 15.8. The number of aryl methyl sites for hydroxylation is 1. The van der Waals surface area contributed by atoms with E-state index in [-0.39, 0.29) is 11.9 Å². The van der Waals surface area contributed by atoms with Crippen LogP contribution in [0.1, 0.15) is 34.9 Å². The van der Waals surface area contributed by atoms with E-state index in [9.17, 15) is 9.59 Å². The molecule has 1 aromatic carbocycles. The van der Waals surface area contributed by atoms with Crippen molar-refractivity contribution < 1.29 is 9.59 Å². The topological polar surface area (TPSA) is 74.3 Å². The van der Waals surface area contributed by atoms with E-state index in [2.05, 4.69) is 15.6 Å². The fraction of sp³-hybridized carbons (Fsp3) is 0.389. The quantitative estimate of drug-likeness (QED) is 0.828. The summed E-state index contributed by atoms with van der Waals surface area (Å²) in [6, 6.07) is 6.64. The SMILES string of the molecule is Cc1nc(CN(C)C(=O)Nc2ccc(C(=O)NCC(C)C)cc2)cs1. The Kier molecular flexibility index (Phi) is 6.52. The summed E-state index contributed by atoms with van der Waals surface area (Å²) < 4.78 is 0. The number of hydrogen-bond donors (Lipinski definition) is 2. The van der Waals surface area contributed by atoms with Crippen molar-refractivity contribution in [2.45, 2.75) is 27.3 Å². The van der Waals surface area contributed by atoms with Gasteiger partial charge in [0, 0.05) is 30.2 Å². The third-order valence-corrected chi connectivity index (χ3v) is 4.30. The van der Waals surface area contributed by atoms with Gasteiger partial charge in [-0.25, -0.2) is 9.78 Å². The molecule has 0 aliphatic rings. The first-order valence-electron chi connectivity index (χ1n) is 8.16. The van der Waals surface area contributed by atoms with Gasteiger partial charge in [0.05, 0.1) is 17.2 Å². The van der Waals surface area contributed by atoms with Gasteiger partial charge in [0.1, 0.15) is 0 Å². The number of hydrogen-bond acceptors (Lipinski definition) is 4. The number of carbonyl (C=O) groups is 2. The number of thiazole rings is 1. The highest BCUT2D eigenvalue weighted by atomic mass is 32.1. The van der Waals surface area contributed by atoms with Crippen LogP contribution in [0.25, 0.3) is 0 Å². The van der Waals surface area contributed by atoms with Crippen molar-refractivity contribution in [2.24, 2.45) is 5.92 Å². The molecule has 6 nitrogen and oxygen atoms in total. The Bertz CT molecular complexity index is 725. The Morgan fingerprint density at radius 3 is 2.48 bits per heavy atom. The molecule has 0 saturated heterocycles. The van der Waals surface area contributed by atoms with Gasteiger partial charge >= 0.3 is 6.03 Å². The number of urea groups is 1. The van der Waals surface area contributed by atoms with E-state index in [0.29, 0.717) is 30.3 Å². The second-order valence-electron chi connectivity index (χ2n) is 6.33. The van der Waals surface area contributed by atoms with E-state index in [1.54, 1.807) is 47.5 Å². The van der Waals surface area contributed by atoms with E-state index in [4.69, 9.17) is 0 Å². The Labute approximate surface area is 152 Å². The van der Waals surface area contributed by atoms with Gasteiger partial charge in [0.2, 0.25) is 0 Å². The highest BCUT2D eigenvalue weighted by Gasteiger charge is 2.12. The molecule has 3 amide bonds. The predicted octanol–water partition coefficient (Wildman–Crippen LogP) is 3.50. The van der Waals surface area contributed by atoms with Crippen molar-refractivity contribution in [1.82, 2.24) is 15.2 Å². The summed E-state index contributed by atoms with van der Waals surface area (Å²) in [5.74, 6) is 0.294. The second-order valence-corrected chi connectivity index (χ2v) is 7.39. The molecule has 0 bridgehead atoms. The van der Waals surface area contributed by atoms with Crippen molar-refractivity contribution in [1.29, 1.82) is 0 Å². The highest BCUT2D eigenvalue weighted by molar-refractivity contribution is 7.09. The van der Waals surface area contributed by atoms with Crippen LogP contribution in [0.3, 0.4) is 0 Å². The number of nitrogens with zero attached hydrogens (tertiary/aromatic N) is 2. The first-order chi connectivity index (χ1) is 11.8.